The minimum absolute atomic E-state index is 0.152. The van der Waals surface area contributed by atoms with Crippen LogP contribution in [-0.2, 0) is 19.1 Å². The first-order valence-corrected chi connectivity index (χ1v) is 12.0. The average Bonchev–Trinajstić information content (AvgIpc) is 2.94. The summed E-state index contributed by atoms with van der Waals surface area (Å²) >= 11 is 0. The van der Waals surface area contributed by atoms with Crippen LogP contribution in [0, 0.1) is 6.92 Å². The number of nitrogens with one attached hydrogen (secondary N) is 2. The van der Waals surface area contributed by atoms with Crippen LogP contribution in [0.15, 0.2) is 72.3 Å². The molecule has 3 aromatic rings. The first-order chi connectivity index (χ1) is 19.2. The third kappa shape index (κ3) is 6.16. The summed E-state index contributed by atoms with van der Waals surface area (Å²) in [6, 6.07) is 16.6. The van der Waals surface area contributed by atoms with Crippen LogP contribution < -0.4 is 25.0 Å². The fourth-order valence-electron chi connectivity index (χ4n) is 3.88. The van der Waals surface area contributed by atoms with Crippen molar-refractivity contribution in [3.63, 3.8) is 0 Å². The van der Waals surface area contributed by atoms with E-state index in [9.17, 15) is 24.0 Å². The molecular weight excluding hydrogens is 518 g/mol. The molecule has 1 saturated heterocycles. The number of esters is 1. The highest BCUT2D eigenvalue weighted by molar-refractivity contribution is 6.39. The quantitative estimate of drug-likeness (QED) is 0.250. The summed E-state index contributed by atoms with van der Waals surface area (Å²) in [5.74, 6) is -2.15. The molecule has 2 N–H and O–H groups in total. The second-order valence-corrected chi connectivity index (χ2v) is 8.61. The normalized spacial score (nSPS) is 14.0. The molecule has 0 unspecified atom stereocenters. The number of nitrogens with zero attached hydrogens (tertiary/aromatic N) is 1. The fraction of sp³-hybridized carbons (Fsp3) is 0.138. The number of amides is 5. The summed E-state index contributed by atoms with van der Waals surface area (Å²) < 4.78 is 15.6. The molecule has 0 radical (unpaired) electrons. The van der Waals surface area contributed by atoms with Gasteiger partial charge in [-0.25, -0.2) is 14.5 Å². The highest BCUT2D eigenvalue weighted by atomic mass is 16.5. The Morgan fingerprint density at radius 3 is 2.38 bits per heavy atom. The van der Waals surface area contributed by atoms with E-state index in [4.69, 9.17) is 9.47 Å². The van der Waals surface area contributed by atoms with Crippen molar-refractivity contribution < 1.29 is 38.2 Å². The number of anilines is 2. The lowest BCUT2D eigenvalue weighted by molar-refractivity contribution is -0.122. The van der Waals surface area contributed by atoms with Crippen LogP contribution in [0.3, 0.4) is 0 Å². The zero-order chi connectivity index (χ0) is 28.8. The number of aryl methyl sites for hydroxylation is 1. The maximum atomic E-state index is 13.2. The predicted molar refractivity (Wildman–Crippen MR) is 145 cm³/mol. The summed E-state index contributed by atoms with van der Waals surface area (Å²) in [4.78, 5) is 63.0. The van der Waals surface area contributed by atoms with Crippen molar-refractivity contribution in [2.24, 2.45) is 0 Å². The molecule has 0 saturated carbocycles. The van der Waals surface area contributed by atoms with Gasteiger partial charge in [0, 0.05) is 5.69 Å². The largest absolute Gasteiger partial charge is 0.493 e. The molecule has 0 aliphatic carbocycles. The zero-order valence-corrected chi connectivity index (χ0v) is 21.8. The van der Waals surface area contributed by atoms with Crippen LogP contribution in [0.4, 0.5) is 16.2 Å². The molecule has 11 heteroatoms. The molecule has 1 fully saturated rings. The van der Waals surface area contributed by atoms with Gasteiger partial charge in [-0.2, -0.15) is 0 Å². The Labute approximate surface area is 229 Å². The zero-order valence-electron chi connectivity index (χ0n) is 21.8. The number of carbonyl (C=O) groups excluding carboxylic acids is 5. The second kappa shape index (κ2) is 11.9. The van der Waals surface area contributed by atoms with Crippen molar-refractivity contribution in [3.8, 4) is 11.5 Å². The number of hydrogen-bond donors (Lipinski definition) is 2. The van der Waals surface area contributed by atoms with Gasteiger partial charge in [-0.3, -0.25) is 19.7 Å². The van der Waals surface area contributed by atoms with Crippen molar-refractivity contribution in [3.05, 3.63) is 89.0 Å². The number of methoxy groups -OCH3 is 2. The first-order valence-electron chi connectivity index (χ1n) is 12.0. The minimum atomic E-state index is -0.928. The van der Waals surface area contributed by atoms with Gasteiger partial charge < -0.3 is 19.5 Å². The number of ether oxygens (including phenoxy) is 3. The molecule has 1 heterocycles. The van der Waals surface area contributed by atoms with Gasteiger partial charge in [0.1, 0.15) is 5.57 Å². The van der Waals surface area contributed by atoms with Crippen LogP contribution in [0.2, 0.25) is 0 Å². The van der Waals surface area contributed by atoms with E-state index in [-0.39, 0.29) is 40.8 Å². The van der Waals surface area contributed by atoms with E-state index >= 15 is 0 Å². The van der Waals surface area contributed by atoms with E-state index in [1.165, 1.54) is 56.7 Å². The minimum Gasteiger partial charge on any atom is -0.493 e. The molecule has 3 aromatic carbocycles. The van der Waals surface area contributed by atoms with Gasteiger partial charge in [0.25, 0.3) is 17.7 Å². The van der Waals surface area contributed by atoms with Gasteiger partial charge in [-0.05, 0) is 72.7 Å². The summed E-state index contributed by atoms with van der Waals surface area (Å²) in [5.41, 5.74) is 2.13. The molecule has 4 rings (SSSR count). The fourth-order valence-corrected chi connectivity index (χ4v) is 3.88. The van der Waals surface area contributed by atoms with Crippen molar-refractivity contribution in [1.29, 1.82) is 0 Å². The van der Waals surface area contributed by atoms with Crippen molar-refractivity contribution in [1.82, 2.24) is 5.32 Å². The SMILES string of the molecule is COC(=O)c1ccc(N2C(=O)NC(=O)/C(=C/c3ccc(OCC(=O)Nc4cccc(C)c4)c(OC)c3)C2=O)cc1. The number of benzene rings is 3. The molecule has 5 amide bonds. The lowest BCUT2D eigenvalue weighted by Crippen LogP contribution is -2.54. The number of barbiturate groups is 1. The summed E-state index contributed by atoms with van der Waals surface area (Å²) in [5, 5.41) is 4.89. The van der Waals surface area contributed by atoms with E-state index in [1.54, 1.807) is 12.1 Å². The van der Waals surface area contributed by atoms with Crippen molar-refractivity contribution in [2.75, 3.05) is 31.0 Å². The van der Waals surface area contributed by atoms with Gasteiger partial charge in [0.2, 0.25) is 0 Å². The van der Waals surface area contributed by atoms with Crippen molar-refractivity contribution >= 4 is 47.2 Å². The Kier molecular flexibility index (Phi) is 8.24. The lowest BCUT2D eigenvalue weighted by atomic mass is 10.1. The van der Waals surface area contributed by atoms with Crippen LogP contribution in [0.5, 0.6) is 11.5 Å². The Hall–Kier alpha value is -5.45. The molecule has 40 heavy (non-hydrogen) atoms. The molecule has 0 atom stereocenters. The average molecular weight is 544 g/mol. The number of rotatable bonds is 8. The van der Waals surface area contributed by atoms with Gasteiger partial charge in [-0.1, -0.05) is 18.2 Å². The number of hydrogen-bond acceptors (Lipinski definition) is 8. The van der Waals surface area contributed by atoms with Gasteiger partial charge >= 0.3 is 12.0 Å². The Bertz CT molecular complexity index is 1530. The maximum Gasteiger partial charge on any atom is 0.337 e. The van der Waals surface area contributed by atoms with E-state index in [0.717, 1.165) is 10.5 Å². The number of carbonyl (C=O) groups is 5. The van der Waals surface area contributed by atoms with Crippen LogP contribution >= 0.6 is 0 Å². The van der Waals surface area contributed by atoms with E-state index < -0.39 is 23.8 Å². The molecule has 1 aliphatic heterocycles. The molecule has 1 aliphatic rings. The highest BCUT2D eigenvalue weighted by Gasteiger charge is 2.37. The molecular formula is C29H25N3O8. The van der Waals surface area contributed by atoms with Crippen LogP contribution in [0.1, 0.15) is 21.5 Å². The van der Waals surface area contributed by atoms with Crippen LogP contribution in [0.25, 0.3) is 6.08 Å². The molecule has 0 spiro atoms. The third-order valence-corrected chi connectivity index (χ3v) is 5.81. The van der Waals surface area contributed by atoms with E-state index in [1.807, 2.05) is 25.1 Å². The Balaban J connectivity index is 1.51. The second-order valence-electron chi connectivity index (χ2n) is 8.61. The predicted octanol–water partition coefficient (Wildman–Crippen LogP) is 3.47. The molecule has 0 bridgehead atoms. The monoisotopic (exact) mass is 543 g/mol. The lowest BCUT2D eigenvalue weighted by Gasteiger charge is -2.26. The molecule has 204 valence electrons. The summed E-state index contributed by atoms with van der Waals surface area (Å²) in [6.45, 7) is 1.63. The number of urea groups is 1. The Morgan fingerprint density at radius 2 is 1.70 bits per heavy atom. The summed E-state index contributed by atoms with van der Waals surface area (Å²) in [7, 11) is 2.64. The first kappa shape index (κ1) is 27.6. The molecule has 11 nitrogen and oxygen atoms in total. The Morgan fingerprint density at radius 1 is 0.950 bits per heavy atom. The maximum absolute atomic E-state index is 13.2. The highest BCUT2D eigenvalue weighted by Crippen LogP contribution is 2.30. The van der Waals surface area contributed by atoms with Gasteiger partial charge in [0.15, 0.2) is 18.1 Å². The van der Waals surface area contributed by atoms with E-state index in [0.29, 0.717) is 11.3 Å². The summed E-state index contributed by atoms with van der Waals surface area (Å²) in [6.07, 6.45) is 1.30. The molecule has 0 aromatic heterocycles. The standard InChI is InChI=1S/C29H25N3O8/c1-17-5-4-6-20(13-17)30-25(33)16-40-23-12-7-18(15-24(23)38-2)14-22-26(34)31-29(37)32(27(22)35)21-10-8-19(9-11-21)28(36)39-3/h4-15H,16H2,1-3H3,(H,30,33)(H,31,34,37)/b22-14-. The topological polar surface area (TPSA) is 140 Å². The van der Waals surface area contributed by atoms with Gasteiger partial charge in [0.05, 0.1) is 25.5 Å². The van der Waals surface area contributed by atoms with Crippen LogP contribution in [-0.4, -0.2) is 50.5 Å². The smallest absolute Gasteiger partial charge is 0.337 e. The number of imide groups is 2. The van der Waals surface area contributed by atoms with Gasteiger partial charge in [-0.15, -0.1) is 0 Å². The van der Waals surface area contributed by atoms with E-state index in [2.05, 4.69) is 15.4 Å². The third-order valence-electron chi connectivity index (χ3n) is 5.81. The van der Waals surface area contributed by atoms with Crippen molar-refractivity contribution in [2.45, 2.75) is 6.92 Å².